The van der Waals surface area contributed by atoms with Crippen LogP contribution in [0.4, 0.5) is 0 Å². The molecule has 3 aliphatic heterocycles. The number of aliphatic imine (C=N–C) groups is 3. The van der Waals surface area contributed by atoms with E-state index in [-0.39, 0.29) is 11.8 Å². The Morgan fingerprint density at radius 2 is 1.14 bits per heavy atom. The van der Waals surface area contributed by atoms with Crippen LogP contribution >= 0.6 is 12.2 Å². The number of hydrogen-bond donors (Lipinski definition) is 3. The molecule has 114 valence electrons. The van der Waals surface area contributed by atoms with Crippen LogP contribution < -0.4 is 16.0 Å². The molecule has 0 spiro atoms. The van der Waals surface area contributed by atoms with E-state index in [1.807, 2.05) is 6.92 Å². The third kappa shape index (κ3) is 7.25. The molecule has 0 saturated carbocycles. The van der Waals surface area contributed by atoms with E-state index in [1.54, 1.807) is 13.8 Å². The van der Waals surface area contributed by atoms with E-state index >= 15 is 0 Å². The van der Waals surface area contributed by atoms with Gasteiger partial charge in [-0.2, -0.15) is 0 Å². The van der Waals surface area contributed by atoms with Gasteiger partial charge in [0.2, 0.25) is 11.8 Å². The molecule has 0 aromatic rings. The molecule has 3 N–H and O–H groups in total. The lowest BCUT2D eigenvalue weighted by Gasteiger charge is -1.88. The van der Waals surface area contributed by atoms with Crippen LogP contribution in [0.5, 0.6) is 0 Å². The lowest BCUT2D eigenvalue weighted by molar-refractivity contribution is -0.118. The van der Waals surface area contributed by atoms with Crippen molar-refractivity contribution >= 4 is 46.5 Å². The molecule has 3 rings (SSSR count). The van der Waals surface area contributed by atoms with Gasteiger partial charge >= 0.3 is 0 Å². The van der Waals surface area contributed by atoms with Crippen LogP contribution in [0.3, 0.4) is 0 Å². The van der Waals surface area contributed by atoms with Crippen LogP contribution in [0.1, 0.15) is 20.8 Å². The minimum absolute atomic E-state index is 0.00231. The van der Waals surface area contributed by atoms with E-state index in [1.165, 1.54) is 0 Å². The Labute approximate surface area is 128 Å². The summed E-state index contributed by atoms with van der Waals surface area (Å²) in [5.41, 5.74) is 0. The quantitative estimate of drug-likeness (QED) is 0.519. The zero-order chi connectivity index (χ0) is 15.8. The standard InChI is InChI=1S/2C4H6N2O.C4H6N2S/c3*1-3-5-2-4(7)6-3/h3*2H2,1H3,(H,5,6,7). The van der Waals surface area contributed by atoms with Crippen molar-refractivity contribution in [2.75, 3.05) is 19.6 Å². The van der Waals surface area contributed by atoms with Gasteiger partial charge in [-0.15, -0.1) is 0 Å². The molecule has 0 bridgehead atoms. The van der Waals surface area contributed by atoms with Gasteiger partial charge in [-0.1, -0.05) is 12.2 Å². The van der Waals surface area contributed by atoms with E-state index in [2.05, 4.69) is 30.9 Å². The number of nitrogens with one attached hydrogen (secondary N) is 3. The van der Waals surface area contributed by atoms with Crippen LogP contribution in [-0.4, -0.2) is 53.9 Å². The normalized spacial score (nSPS) is 19.0. The number of carbonyl (C=O) groups excluding carboxylic acids is 2. The van der Waals surface area contributed by atoms with E-state index in [4.69, 9.17) is 12.2 Å². The van der Waals surface area contributed by atoms with Gasteiger partial charge in [0.25, 0.3) is 0 Å². The average Bonchev–Trinajstić information content (AvgIpc) is 3.06. The first kappa shape index (κ1) is 16.9. The molecule has 0 fully saturated rings. The molecular weight excluding hydrogens is 292 g/mol. The van der Waals surface area contributed by atoms with Gasteiger partial charge < -0.3 is 16.0 Å². The highest BCUT2D eigenvalue weighted by atomic mass is 32.1. The van der Waals surface area contributed by atoms with Crippen molar-refractivity contribution in [1.29, 1.82) is 0 Å². The van der Waals surface area contributed by atoms with Crippen molar-refractivity contribution in [1.82, 2.24) is 16.0 Å². The first-order valence-electron chi connectivity index (χ1n) is 6.29. The molecule has 0 saturated heterocycles. The minimum Gasteiger partial charge on any atom is -0.337 e. The number of hydrogen-bond acceptors (Lipinski definition) is 6. The summed E-state index contributed by atoms with van der Waals surface area (Å²) in [6.07, 6.45) is 0. The number of thiocarbonyl (C=S) groups is 1. The summed E-state index contributed by atoms with van der Waals surface area (Å²) >= 11 is 4.77. The van der Waals surface area contributed by atoms with Crippen molar-refractivity contribution in [2.45, 2.75) is 20.8 Å². The van der Waals surface area contributed by atoms with Crippen molar-refractivity contribution < 1.29 is 9.59 Å². The molecule has 3 heterocycles. The maximum atomic E-state index is 10.2. The molecule has 0 aliphatic carbocycles. The molecule has 0 atom stereocenters. The number of amidine groups is 3. The predicted molar refractivity (Wildman–Crippen MR) is 85.9 cm³/mol. The number of nitrogens with zero attached hydrogens (tertiary/aromatic N) is 3. The topological polar surface area (TPSA) is 107 Å². The Bertz CT molecular complexity index is 462. The Balaban J connectivity index is 0.000000157. The number of carbonyl (C=O) groups is 2. The van der Waals surface area contributed by atoms with Gasteiger partial charge in [-0.3, -0.25) is 24.6 Å². The smallest absolute Gasteiger partial charge is 0.246 e. The highest BCUT2D eigenvalue weighted by Gasteiger charge is 2.07. The molecule has 8 nitrogen and oxygen atoms in total. The van der Waals surface area contributed by atoms with Gasteiger partial charge in [0.1, 0.15) is 29.7 Å². The second kappa shape index (κ2) is 8.20. The summed E-state index contributed by atoms with van der Waals surface area (Å²) in [6, 6.07) is 0. The van der Waals surface area contributed by atoms with E-state index in [0.717, 1.165) is 22.5 Å². The fourth-order valence-electron chi connectivity index (χ4n) is 1.41. The van der Waals surface area contributed by atoms with E-state index < -0.39 is 0 Å². The van der Waals surface area contributed by atoms with Crippen molar-refractivity contribution in [2.24, 2.45) is 15.0 Å². The SMILES string of the molecule is CC1=NCC(=O)N1.CC1=NCC(=O)N1.CC1=NCC(=S)N1. The van der Waals surface area contributed by atoms with Crippen molar-refractivity contribution in [3.05, 3.63) is 0 Å². The fraction of sp³-hybridized carbons (Fsp3) is 0.500. The van der Waals surface area contributed by atoms with Crippen molar-refractivity contribution in [3.63, 3.8) is 0 Å². The Hall–Kier alpha value is -2.16. The molecule has 21 heavy (non-hydrogen) atoms. The summed E-state index contributed by atoms with van der Waals surface area (Å²) in [5, 5.41) is 7.95. The second-order valence-electron chi connectivity index (χ2n) is 4.35. The first-order chi connectivity index (χ1) is 9.86. The van der Waals surface area contributed by atoms with Gasteiger partial charge in [0, 0.05) is 0 Å². The summed E-state index contributed by atoms with van der Waals surface area (Å²) < 4.78 is 0. The molecule has 0 aromatic heterocycles. The minimum atomic E-state index is -0.00231. The molecule has 2 amide bonds. The highest BCUT2D eigenvalue weighted by Crippen LogP contribution is 1.86. The molecule has 9 heteroatoms. The Morgan fingerprint density at radius 1 is 0.762 bits per heavy atom. The molecule has 0 aromatic carbocycles. The highest BCUT2D eigenvalue weighted by molar-refractivity contribution is 7.80. The zero-order valence-corrected chi connectivity index (χ0v) is 13.0. The van der Waals surface area contributed by atoms with Crippen LogP contribution in [0.25, 0.3) is 0 Å². The maximum absolute atomic E-state index is 10.2. The number of amides is 2. The third-order valence-corrected chi connectivity index (χ3v) is 2.57. The number of rotatable bonds is 0. The molecule has 0 radical (unpaired) electrons. The van der Waals surface area contributed by atoms with Crippen LogP contribution in [-0.2, 0) is 9.59 Å². The summed E-state index contributed by atoms with van der Waals surface area (Å²) in [4.78, 5) is 32.8. The van der Waals surface area contributed by atoms with E-state index in [9.17, 15) is 9.59 Å². The first-order valence-corrected chi connectivity index (χ1v) is 6.70. The second-order valence-corrected chi connectivity index (χ2v) is 4.84. The largest absolute Gasteiger partial charge is 0.337 e. The predicted octanol–water partition coefficient (Wildman–Crippen LogP) is -0.595. The average molecular weight is 310 g/mol. The maximum Gasteiger partial charge on any atom is 0.246 e. The summed E-state index contributed by atoms with van der Waals surface area (Å²) in [7, 11) is 0. The zero-order valence-electron chi connectivity index (χ0n) is 12.2. The lowest BCUT2D eigenvalue weighted by Crippen LogP contribution is -2.21. The monoisotopic (exact) mass is 310 g/mol. The van der Waals surface area contributed by atoms with Crippen LogP contribution in [0, 0.1) is 0 Å². The molecule has 0 unspecified atom stereocenters. The van der Waals surface area contributed by atoms with Gasteiger partial charge in [0.05, 0.1) is 12.4 Å². The molecule has 3 aliphatic rings. The molecular formula is C12H18N6O2S. The fourth-order valence-corrected chi connectivity index (χ4v) is 1.63. The van der Waals surface area contributed by atoms with Gasteiger partial charge in [0.15, 0.2) is 0 Å². The lowest BCUT2D eigenvalue weighted by atomic mass is 10.6. The third-order valence-electron chi connectivity index (χ3n) is 2.34. The van der Waals surface area contributed by atoms with Crippen molar-refractivity contribution in [3.8, 4) is 0 Å². The van der Waals surface area contributed by atoms with Crippen LogP contribution in [0.2, 0.25) is 0 Å². The Kier molecular flexibility index (Phi) is 6.60. The summed E-state index contributed by atoms with van der Waals surface area (Å²) in [5.74, 6) is 2.38. The Morgan fingerprint density at radius 3 is 1.24 bits per heavy atom. The van der Waals surface area contributed by atoms with Crippen LogP contribution in [0.15, 0.2) is 15.0 Å². The van der Waals surface area contributed by atoms with Gasteiger partial charge in [-0.05, 0) is 20.8 Å². The van der Waals surface area contributed by atoms with E-state index in [0.29, 0.717) is 19.6 Å². The van der Waals surface area contributed by atoms with Gasteiger partial charge in [-0.25, -0.2) is 0 Å². The summed E-state index contributed by atoms with van der Waals surface area (Å²) in [6.45, 7) is 6.74.